The molecule has 0 aliphatic carbocycles. The first-order chi connectivity index (χ1) is 16.3. The minimum Gasteiger partial charge on any atom is -0.493 e. The number of aliphatic carboxylic acids is 1. The van der Waals surface area contributed by atoms with Gasteiger partial charge in [0.15, 0.2) is 18.1 Å². The van der Waals surface area contributed by atoms with Crippen molar-refractivity contribution in [1.82, 2.24) is 5.32 Å². The van der Waals surface area contributed by atoms with Crippen LogP contribution in [-0.4, -0.2) is 42.6 Å². The van der Waals surface area contributed by atoms with Gasteiger partial charge in [0, 0.05) is 5.56 Å². The Labute approximate surface area is 196 Å². The number of hydrogen-bond acceptors (Lipinski definition) is 6. The molecule has 0 bridgehead atoms. The molecule has 1 fully saturated rings. The highest BCUT2D eigenvalue weighted by Gasteiger charge is 2.37. The normalized spacial score (nSPS) is 14.7. The molecule has 9 nitrogen and oxygen atoms in total. The number of urea groups is 1. The van der Waals surface area contributed by atoms with E-state index in [1.165, 1.54) is 19.3 Å². The molecule has 9 heteroatoms. The van der Waals surface area contributed by atoms with Crippen LogP contribution in [0.1, 0.15) is 23.6 Å². The molecule has 2 aromatic carbocycles. The van der Waals surface area contributed by atoms with Crippen LogP contribution >= 0.6 is 0 Å². The van der Waals surface area contributed by atoms with Crippen LogP contribution in [-0.2, 0) is 27.2 Å². The molecule has 1 aliphatic heterocycles. The van der Waals surface area contributed by atoms with Gasteiger partial charge in [0.05, 0.1) is 12.8 Å². The average molecular weight is 464 g/mol. The third-order valence-corrected chi connectivity index (χ3v) is 5.10. The number of allylic oxidation sites excluding steroid dienone is 1. The summed E-state index contributed by atoms with van der Waals surface area (Å²) in [6.07, 6.45) is 3.85. The predicted molar refractivity (Wildman–Crippen MR) is 125 cm³/mol. The highest BCUT2D eigenvalue weighted by Crippen LogP contribution is 2.35. The number of ether oxygens (including phenoxy) is 2. The van der Waals surface area contributed by atoms with Gasteiger partial charge in [-0.05, 0) is 48.2 Å². The van der Waals surface area contributed by atoms with Crippen LogP contribution in [0.4, 0.5) is 10.5 Å². The summed E-state index contributed by atoms with van der Waals surface area (Å²) in [7, 11) is 1.39. The van der Waals surface area contributed by atoms with E-state index in [4.69, 9.17) is 14.6 Å². The number of carbonyl (C=O) groups is 4. The summed E-state index contributed by atoms with van der Waals surface area (Å²) < 4.78 is 10.7. The molecule has 1 saturated heterocycles. The summed E-state index contributed by atoms with van der Waals surface area (Å²) in [4.78, 5) is 50.3. The minimum absolute atomic E-state index is 0.222. The van der Waals surface area contributed by atoms with E-state index in [0.29, 0.717) is 29.7 Å². The molecular weight excluding hydrogens is 440 g/mol. The molecule has 2 aromatic rings. The molecule has 1 aliphatic rings. The third-order valence-electron chi connectivity index (χ3n) is 5.10. The second-order valence-corrected chi connectivity index (χ2v) is 7.33. The number of nitrogens with zero attached hydrogens (tertiary/aromatic N) is 1. The van der Waals surface area contributed by atoms with Gasteiger partial charge in [0.1, 0.15) is 5.57 Å². The number of para-hydroxylation sites is 1. The van der Waals surface area contributed by atoms with E-state index in [1.54, 1.807) is 36.4 Å². The Kier molecular flexibility index (Phi) is 7.47. The Bertz CT molecular complexity index is 1200. The maximum atomic E-state index is 13.3. The van der Waals surface area contributed by atoms with Gasteiger partial charge in [0.2, 0.25) is 0 Å². The summed E-state index contributed by atoms with van der Waals surface area (Å²) in [5.41, 5.74) is 1.91. The van der Waals surface area contributed by atoms with Crippen LogP contribution in [0.5, 0.6) is 11.5 Å². The predicted octanol–water partition coefficient (Wildman–Crippen LogP) is 3.12. The third kappa shape index (κ3) is 4.98. The maximum Gasteiger partial charge on any atom is 0.341 e. The van der Waals surface area contributed by atoms with Gasteiger partial charge in [-0.25, -0.2) is 14.5 Å². The number of hydrogen-bond donors (Lipinski definition) is 2. The second-order valence-electron chi connectivity index (χ2n) is 7.33. The maximum absolute atomic E-state index is 13.3. The Hall–Kier alpha value is -4.40. The average Bonchev–Trinajstić information content (AvgIpc) is 2.81. The van der Waals surface area contributed by atoms with Crippen LogP contribution < -0.4 is 19.7 Å². The largest absolute Gasteiger partial charge is 0.493 e. The van der Waals surface area contributed by atoms with Crippen molar-refractivity contribution in [3.05, 3.63) is 71.3 Å². The minimum atomic E-state index is -1.15. The number of rotatable bonds is 9. The molecule has 0 saturated carbocycles. The molecule has 1 heterocycles. The Morgan fingerprint density at radius 3 is 2.56 bits per heavy atom. The standard InChI is InChI=1S/C25H24N2O7/c1-4-8-17-11-15(13-20(33-3)22(17)34-14-21(28)29)12-18-23(30)26-25(32)27(24(18)31)19-10-7-6-9-16(19)5-2/h4,6-7,9-13H,1,5,8,14H2,2-3H3,(H,28,29)(H,26,30,32)/b18-12+. The SMILES string of the molecule is C=CCc1cc(/C=C2\C(=O)NC(=O)N(c3ccccc3CC)C2=O)cc(OC)c1OCC(=O)O. The summed E-state index contributed by atoms with van der Waals surface area (Å²) >= 11 is 0. The second kappa shape index (κ2) is 10.5. The molecule has 3 rings (SSSR count). The molecule has 34 heavy (non-hydrogen) atoms. The first kappa shape index (κ1) is 24.2. The Balaban J connectivity index is 2.08. The number of benzene rings is 2. The van der Waals surface area contributed by atoms with E-state index in [2.05, 4.69) is 11.9 Å². The van der Waals surface area contributed by atoms with Crippen molar-refractivity contribution in [3.63, 3.8) is 0 Å². The number of imide groups is 2. The van der Waals surface area contributed by atoms with Crippen LogP contribution in [0.15, 0.2) is 54.6 Å². The molecular formula is C25H24N2O7. The zero-order valence-electron chi connectivity index (χ0n) is 18.8. The number of carbonyl (C=O) groups excluding carboxylic acids is 3. The molecule has 0 radical (unpaired) electrons. The van der Waals surface area contributed by atoms with Crippen molar-refractivity contribution in [2.45, 2.75) is 19.8 Å². The number of nitrogens with one attached hydrogen (secondary N) is 1. The fourth-order valence-corrected chi connectivity index (χ4v) is 3.59. The number of aryl methyl sites for hydroxylation is 1. The zero-order chi connectivity index (χ0) is 24.8. The van der Waals surface area contributed by atoms with Crippen molar-refractivity contribution in [1.29, 1.82) is 0 Å². The lowest BCUT2D eigenvalue weighted by Crippen LogP contribution is -2.54. The Morgan fingerprint density at radius 2 is 1.91 bits per heavy atom. The van der Waals surface area contributed by atoms with Gasteiger partial charge < -0.3 is 14.6 Å². The summed E-state index contributed by atoms with van der Waals surface area (Å²) in [6.45, 7) is 5.02. The molecule has 4 amide bonds. The summed E-state index contributed by atoms with van der Waals surface area (Å²) in [6, 6.07) is 9.28. The lowest BCUT2D eigenvalue weighted by molar-refractivity contribution is -0.139. The van der Waals surface area contributed by atoms with E-state index in [9.17, 15) is 19.2 Å². The zero-order valence-corrected chi connectivity index (χ0v) is 18.8. The van der Waals surface area contributed by atoms with Gasteiger partial charge in [-0.3, -0.25) is 14.9 Å². The van der Waals surface area contributed by atoms with Crippen molar-refractivity contribution in [2.24, 2.45) is 0 Å². The van der Waals surface area contributed by atoms with Gasteiger partial charge in [-0.2, -0.15) is 0 Å². The van der Waals surface area contributed by atoms with Gasteiger partial charge in [-0.1, -0.05) is 31.2 Å². The molecule has 0 atom stereocenters. The van der Waals surface area contributed by atoms with Crippen molar-refractivity contribution >= 4 is 35.6 Å². The van der Waals surface area contributed by atoms with Crippen molar-refractivity contribution in [2.75, 3.05) is 18.6 Å². The molecule has 0 aromatic heterocycles. The molecule has 0 spiro atoms. The van der Waals surface area contributed by atoms with Crippen LogP contribution in [0.3, 0.4) is 0 Å². The highest BCUT2D eigenvalue weighted by atomic mass is 16.5. The number of methoxy groups -OCH3 is 1. The molecule has 0 unspecified atom stereocenters. The van der Waals surface area contributed by atoms with Gasteiger partial charge in [-0.15, -0.1) is 6.58 Å². The van der Waals surface area contributed by atoms with Crippen LogP contribution in [0.25, 0.3) is 6.08 Å². The highest BCUT2D eigenvalue weighted by molar-refractivity contribution is 6.39. The number of anilines is 1. The van der Waals surface area contributed by atoms with Crippen LogP contribution in [0, 0.1) is 0 Å². The summed E-state index contributed by atoms with van der Waals surface area (Å²) in [5, 5.41) is 11.2. The smallest absolute Gasteiger partial charge is 0.341 e. The molecule has 176 valence electrons. The van der Waals surface area contributed by atoms with E-state index < -0.39 is 30.4 Å². The monoisotopic (exact) mass is 464 g/mol. The van der Waals surface area contributed by atoms with Crippen LogP contribution in [0.2, 0.25) is 0 Å². The lowest BCUT2D eigenvalue weighted by atomic mass is 10.0. The number of carboxylic acids is 1. The summed E-state index contributed by atoms with van der Waals surface area (Å²) in [5.74, 6) is -2.29. The van der Waals surface area contributed by atoms with Gasteiger partial charge in [0.25, 0.3) is 11.8 Å². The molecule has 2 N–H and O–H groups in total. The van der Waals surface area contributed by atoms with Crippen molar-refractivity contribution in [3.8, 4) is 11.5 Å². The van der Waals surface area contributed by atoms with E-state index >= 15 is 0 Å². The lowest BCUT2D eigenvalue weighted by Gasteiger charge is -2.28. The van der Waals surface area contributed by atoms with Crippen molar-refractivity contribution < 1.29 is 33.8 Å². The van der Waals surface area contributed by atoms with E-state index in [1.807, 2.05) is 6.92 Å². The quantitative estimate of drug-likeness (QED) is 0.332. The fourth-order valence-electron chi connectivity index (χ4n) is 3.59. The number of barbiturate groups is 1. The Morgan fingerprint density at radius 1 is 1.18 bits per heavy atom. The number of carboxylic acid groups (broad SMARTS) is 1. The van der Waals surface area contributed by atoms with E-state index in [0.717, 1.165) is 10.5 Å². The first-order valence-corrected chi connectivity index (χ1v) is 10.5. The number of amides is 4. The van der Waals surface area contributed by atoms with Gasteiger partial charge >= 0.3 is 12.0 Å². The first-order valence-electron chi connectivity index (χ1n) is 10.5. The fraction of sp³-hybridized carbons (Fsp3) is 0.200. The topological polar surface area (TPSA) is 122 Å². The van der Waals surface area contributed by atoms with E-state index in [-0.39, 0.29) is 17.1 Å².